The Morgan fingerprint density at radius 3 is 2.23 bits per heavy atom. The van der Waals surface area contributed by atoms with Crippen molar-refractivity contribution in [3.05, 3.63) is 55.9 Å². The number of benzene rings is 1. The van der Waals surface area contributed by atoms with Crippen LogP contribution in [-0.2, 0) is 6.18 Å². The number of hydrogen-bond donors (Lipinski definition) is 1. The third-order valence-corrected chi connectivity index (χ3v) is 4.10. The van der Waals surface area contributed by atoms with Crippen molar-refractivity contribution in [2.75, 3.05) is 5.43 Å². The lowest BCUT2D eigenvalue weighted by Gasteiger charge is -2.16. The van der Waals surface area contributed by atoms with Crippen LogP contribution >= 0.6 is 0 Å². The molecule has 0 bridgehead atoms. The molecule has 7 nitrogen and oxygen atoms in total. The van der Waals surface area contributed by atoms with E-state index in [1.54, 1.807) is 26.0 Å². The van der Waals surface area contributed by atoms with E-state index >= 15 is 0 Å². The standard InChI is InChI=1S/C16H14F3N5O2/c1-3-8(2)24-14(16(17,18)19)21-23-15(24)22-20-11-12(25)9-6-4-5-7-10(9)13(11)26/h4-8H,3H2,1-2H3,(H,22,23). The first-order valence-corrected chi connectivity index (χ1v) is 7.80. The van der Waals surface area contributed by atoms with Crippen molar-refractivity contribution >= 4 is 16.7 Å². The van der Waals surface area contributed by atoms with Crippen LogP contribution in [0.25, 0.3) is 10.8 Å². The Bertz CT molecular complexity index is 1060. The summed E-state index contributed by atoms with van der Waals surface area (Å²) in [5.41, 5.74) is 1.11. The van der Waals surface area contributed by atoms with E-state index in [9.17, 15) is 22.8 Å². The monoisotopic (exact) mass is 365 g/mol. The van der Waals surface area contributed by atoms with Crippen LogP contribution in [0.5, 0.6) is 0 Å². The first kappa shape index (κ1) is 17.8. The molecule has 136 valence electrons. The van der Waals surface area contributed by atoms with Gasteiger partial charge in [-0.1, -0.05) is 31.2 Å². The number of rotatable bonds is 4. The van der Waals surface area contributed by atoms with Crippen molar-refractivity contribution < 1.29 is 13.2 Å². The van der Waals surface area contributed by atoms with Crippen LogP contribution in [-0.4, -0.2) is 14.8 Å². The van der Waals surface area contributed by atoms with Gasteiger partial charge in [0.25, 0.3) is 0 Å². The number of alkyl halides is 3. The highest BCUT2D eigenvalue weighted by molar-refractivity contribution is 5.83. The van der Waals surface area contributed by atoms with Crippen LogP contribution in [0.15, 0.2) is 39.0 Å². The van der Waals surface area contributed by atoms with Crippen LogP contribution in [0.2, 0.25) is 0 Å². The van der Waals surface area contributed by atoms with Gasteiger partial charge in [-0.05, 0) is 13.3 Å². The van der Waals surface area contributed by atoms with E-state index in [1.165, 1.54) is 12.1 Å². The van der Waals surface area contributed by atoms with Crippen LogP contribution in [0.3, 0.4) is 0 Å². The van der Waals surface area contributed by atoms with E-state index < -0.39 is 34.3 Å². The molecule has 0 aliphatic heterocycles. The second kappa shape index (κ2) is 6.36. The Balaban J connectivity index is 2.12. The molecule has 1 atom stereocenters. The maximum Gasteiger partial charge on any atom is 0.451 e. The van der Waals surface area contributed by atoms with Gasteiger partial charge in [-0.25, -0.2) is 5.43 Å². The molecular formula is C16H14F3N5O2. The van der Waals surface area contributed by atoms with Crippen LogP contribution in [0.1, 0.15) is 32.1 Å². The lowest BCUT2D eigenvalue weighted by Crippen LogP contribution is -2.33. The number of nitrogens with zero attached hydrogens (tertiary/aromatic N) is 4. The highest BCUT2D eigenvalue weighted by atomic mass is 19.4. The molecule has 0 aliphatic carbocycles. The predicted molar refractivity (Wildman–Crippen MR) is 88.1 cm³/mol. The molecule has 0 spiro atoms. The van der Waals surface area contributed by atoms with E-state index in [0.717, 1.165) is 4.57 Å². The Morgan fingerprint density at radius 2 is 1.73 bits per heavy atom. The predicted octanol–water partition coefficient (Wildman–Crippen LogP) is 1.94. The zero-order valence-electron chi connectivity index (χ0n) is 13.8. The molecule has 3 aromatic rings. The Kier molecular flexibility index (Phi) is 4.34. The number of anilines is 1. The molecule has 10 heteroatoms. The van der Waals surface area contributed by atoms with Crippen molar-refractivity contribution in [3.63, 3.8) is 0 Å². The lowest BCUT2D eigenvalue weighted by molar-refractivity contribution is -0.148. The molecule has 1 N–H and O–H groups in total. The van der Waals surface area contributed by atoms with Crippen molar-refractivity contribution in [1.29, 1.82) is 0 Å². The molecule has 0 aliphatic rings. The zero-order valence-corrected chi connectivity index (χ0v) is 13.8. The first-order valence-electron chi connectivity index (χ1n) is 7.80. The van der Waals surface area contributed by atoms with E-state index in [0.29, 0.717) is 6.42 Å². The molecule has 0 amide bonds. The highest BCUT2D eigenvalue weighted by Crippen LogP contribution is 2.32. The summed E-state index contributed by atoms with van der Waals surface area (Å²) in [5, 5.41) is 10.4. The fourth-order valence-corrected chi connectivity index (χ4v) is 2.61. The van der Waals surface area contributed by atoms with Crippen LogP contribution < -0.4 is 21.6 Å². The molecule has 0 saturated heterocycles. The Labute approximate surface area is 144 Å². The van der Waals surface area contributed by atoms with Crippen LogP contribution in [0, 0.1) is 0 Å². The average molecular weight is 365 g/mol. The fourth-order valence-electron chi connectivity index (χ4n) is 2.61. The third kappa shape index (κ3) is 2.87. The zero-order chi connectivity index (χ0) is 19.1. The van der Waals surface area contributed by atoms with E-state index in [4.69, 9.17) is 0 Å². The average Bonchev–Trinajstić information content (AvgIpc) is 3.14. The molecule has 3 rings (SSSR count). The van der Waals surface area contributed by atoms with Gasteiger partial charge in [0.1, 0.15) is 0 Å². The summed E-state index contributed by atoms with van der Waals surface area (Å²) in [6.07, 6.45) is -4.31. The van der Waals surface area contributed by atoms with Gasteiger partial charge in [0.2, 0.25) is 22.6 Å². The summed E-state index contributed by atoms with van der Waals surface area (Å²) < 4.78 is 40.2. The molecule has 1 heterocycles. The first-order chi connectivity index (χ1) is 12.3. The van der Waals surface area contributed by atoms with Gasteiger partial charge >= 0.3 is 6.18 Å². The second-order valence-electron chi connectivity index (χ2n) is 5.75. The number of aromatic nitrogens is 3. The molecule has 1 aromatic heterocycles. The van der Waals surface area contributed by atoms with E-state index in [1.807, 2.05) is 0 Å². The summed E-state index contributed by atoms with van der Waals surface area (Å²) in [7, 11) is 0. The van der Waals surface area contributed by atoms with Gasteiger partial charge in [0, 0.05) is 16.8 Å². The van der Waals surface area contributed by atoms with E-state index in [2.05, 4.69) is 20.7 Å². The maximum atomic E-state index is 13.1. The number of hydrogen-bond acceptors (Lipinski definition) is 6. The summed E-state index contributed by atoms with van der Waals surface area (Å²) in [6.45, 7) is 3.28. The van der Waals surface area contributed by atoms with Gasteiger partial charge in [-0.3, -0.25) is 14.2 Å². The van der Waals surface area contributed by atoms with Gasteiger partial charge in [-0.2, -0.15) is 18.3 Å². The Hall–Kier alpha value is -3.04. The smallest absolute Gasteiger partial charge is 0.287 e. The molecule has 2 aromatic carbocycles. The summed E-state index contributed by atoms with van der Waals surface area (Å²) >= 11 is 0. The molecule has 0 saturated carbocycles. The molecule has 26 heavy (non-hydrogen) atoms. The van der Waals surface area contributed by atoms with Gasteiger partial charge in [0.05, 0.1) is 0 Å². The number of nitrogens with one attached hydrogen (secondary N) is 1. The molecule has 0 fully saturated rings. The molecule has 0 radical (unpaired) electrons. The highest BCUT2D eigenvalue weighted by Gasteiger charge is 2.39. The SMILES string of the molecule is CCC(C)n1c(NN=c2c(=O)c3ccccc3c2=O)nnc1C(F)(F)F. The third-order valence-electron chi connectivity index (χ3n) is 4.10. The number of halogens is 3. The normalized spacial score (nSPS) is 13.1. The molecule has 1 unspecified atom stereocenters. The quantitative estimate of drug-likeness (QED) is 0.714. The van der Waals surface area contributed by atoms with E-state index in [-0.39, 0.29) is 16.7 Å². The Morgan fingerprint density at radius 1 is 1.15 bits per heavy atom. The summed E-state index contributed by atoms with van der Waals surface area (Å²) in [4.78, 5) is 24.5. The minimum Gasteiger partial charge on any atom is -0.287 e. The van der Waals surface area contributed by atoms with Gasteiger partial charge < -0.3 is 0 Å². The summed E-state index contributed by atoms with van der Waals surface area (Å²) in [6, 6.07) is 5.62. The van der Waals surface area contributed by atoms with Crippen LogP contribution in [0.4, 0.5) is 19.1 Å². The fraction of sp³-hybridized carbons (Fsp3) is 0.312. The maximum absolute atomic E-state index is 13.1. The summed E-state index contributed by atoms with van der Waals surface area (Å²) in [5.74, 6) is -1.47. The number of fused-ring (bicyclic) bond motifs is 1. The van der Waals surface area contributed by atoms with Crippen molar-refractivity contribution in [3.8, 4) is 0 Å². The van der Waals surface area contributed by atoms with Crippen molar-refractivity contribution in [2.24, 2.45) is 5.10 Å². The molecular weight excluding hydrogens is 351 g/mol. The van der Waals surface area contributed by atoms with Crippen molar-refractivity contribution in [1.82, 2.24) is 14.8 Å². The largest absolute Gasteiger partial charge is 0.451 e. The van der Waals surface area contributed by atoms with Gasteiger partial charge in [0.15, 0.2) is 5.36 Å². The van der Waals surface area contributed by atoms with Crippen molar-refractivity contribution in [2.45, 2.75) is 32.5 Å². The topological polar surface area (TPSA) is 89.2 Å². The second-order valence-corrected chi connectivity index (χ2v) is 5.75. The minimum absolute atomic E-state index is 0.206. The van der Waals surface area contributed by atoms with Gasteiger partial charge in [-0.15, -0.1) is 10.2 Å². The minimum atomic E-state index is -4.70. The lowest BCUT2D eigenvalue weighted by atomic mass is 10.2.